The standard InChI is InChI=1S/C13H14O2S/c1-2-15-11-5-3-10(4-6-11)13-8-7-12(9-14)16-13/h3-8,14H,2,9H2,1H3. The predicted molar refractivity (Wildman–Crippen MR) is 66.8 cm³/mol. The number of ether oxygens (including phenoxy) is 1. The first-order valence-electron chi connectivity index (χ1n) is 5.26. The lowest BCUT2D eigenvalue weighted by atomic mass is 10.2. The zero-order chi connectivity index (χ0) is 11.4. The molecule has 2 rings (SSSR count). The number of hydrogen-bond donors (Lipinski definition) is 1. The van der Waals surface area contributed by atoms with Crippen molar-refractivity contribution in [3.8, 4) is 16.2 Å². The van der Waals surface area contributed by atoms with Crippen LogP contribution in [0.2, 0.25) is 0 Å². The van der Waals surface area contributed by atoms with E-state index in [9.17, 15) is 0 Å². The molecule has 1 N–H and O–H groups in total. The topological polar surface area (TPSA) is 29.5 Å². The normalized spacial score (nSPS) is 10.4. The van der Waals surface area contributed by atoms with Gasteiger partial charge in [-0.05, 0) is 48.9 Å². The summed E-state index contributed by atoms with van der Waals surface area (Å²) in [4.78, 5) is 2.16. The third-order valence-electron chi connectivity index (χ3n) is 2.27. The lowest BCUT2D eigenvalue weighted by Crippen LogP contribution is -1.90. The van der Waals surface area contributed by atoms with Gasteiger partial charge in [0, 0.05) is 9.75 Å². The minimum atomic E-state index is 0.113. The molecule has 0 bridgehead atoms. The van der Waals surface area contributed by atoms with Crippen LogP contribution in [0.25, 0.3) is 10.4 Å². The van der Waals surface area contributed by atoms with E-state index in [1.165, 1.54) is 4.88 Å². The molecule has 0 spiro atoms. The van der Waals surface area contributed by atoms with Gasteiger partial charge in [-0.15, -0.1) is 11.3 Å². The first-order chi connectivity index (χ1) is 7.83. The maximum absolute atomic E-state index is 9.00. The van der Waals surface area contributed by atoms with E-state index in [1.54, 1.807) is 11.3 Å². The molecule has 1 heterocycles. The maximum atomic E-state index is 9.00. The summed E-state index contributed by atoms with van der Waals surface area (Å²) in [5.74, 6) is 0.894. The van der Waals surface area contributed by atoms with Crippen LogP contribution >= 0.6 is 11.3 Å². The molecule has 3 heteroatoms. The third-order valence-corrected chi connectivity index (χ3v) is 3.39. The van der Waals surface area contributed by atoms with Gasteiger partial charge in [-0.1, -0.05) is 0 Å². The molecule has 0 radical (unpaired) electrons. The van der Waals surface area contributed by atoms with Crippen molar-refractivity contribution in [1.29, 1.82) is 0 Å². The zero-order valence-corrected chi connectivity index (χ0v) is 9.96. The van der Waals surface area contributed by atoms with E-state index in [0.717, 1.165) is 16.2 Å². The van der Waals surface area contributed by atoms with Crippen LogP contribution in [0.5, 0.6) is 5.75 Å². The highest BCUT2D eigenvalue weighted by molar-refractivity contribution is 7.15. The Balaban J connectivity index is 2.20. The maximum Gasteiger partial charge on any atom is 0.119 e. The summed E-state index contributed by atoms with van der Waals surface area (Å²) in [6, 6.07) is 12.0. The van der Waals surface area contributed by atoms with Crippen LogP contribution in [0.15, 0.2) is 36.4 Å². The summed E-state index contributed by atoms with van der Waals surface area (Å²) in [5.41, 5.74) is 1.16. The molecule has 1 aromatic carbocycles. The minimum Gasteiger partial charge on any atom is -0.494 e. The second kappa shape index (κ2) is 5.14. The van der Waals surface area contributed by atoms with Gasteiger partial charge in [0.25, 0.3) is 0 Å². The van der Waals surface area contributed by atoms with Gasteiger partial charge in [-0.25, -0.2) is 0 Å². The quantitative estimate of drug-likeness (QED) is 0.879. The molecule has 0 amide bonds. The molecule has 16 heavy (non-hydrogen) atoms. The molecule has 0 aliphatic carbocycles. The number of thiophene rings is 1. The smallest absolute Gasteiger partial charge is 0.119 e. The number of hydrogen-bond acceptors (Lipinski definition) is 3. The van der Waals surface area contributed by atoms with Crippen molar-refractivity contribution in [2.75, 3.05) is 6.61 Å². The largest absolute Gasteiger partial charge is 0.494 e. The van der Waals surface area contributed by atoms with Crippen LogP contribution in [-0.4, -0.2) is 11.7 Å². The van der Waals surface area contributed by atoms with E-state index in [-0.39, 0.29) is 6.61 Å². The first-order valence-corrected chi connectivity index (χ1v) is 6.08. The van der Waals surface area contributed by atoms with Crippen LogP contribution in [0.1, 0.15) is 11.8 Å². The molecule has 0 atom stereocenters. The number of benzene rings is 1. The number of aliphatic hydroxyl groups is 1. The summed E-state index contributed by atoms with van der Waals surface area (Å²) in [5, 5.41) is 9.00. The molecule has 0 saturated carbocycles. The van der Waals surface area contributed by atoms with E-state index >= 15 is 0 Å². The van der Waals surface area contributed by atoms with Crippen molar-refractivity contribution in [3.63, 3.8) is 0 Å². The number of aliphatic hydroxyl groups excluding tert-OH is 1. The molecule has 0 fully saturated rings. The highest BCUT2D eigenvalue weighted by atomic mass is 32.1. The average Bonchev–Trinajstić information content (AvgIpc) is 2.79. The number of rotatable bonds is 4. The monoisotopic (exact) mass is 234 g/mol. The fourth-order valence-electron chi connectivity index (χ4n) is 1.50. The van der Waals surface area contributed by atoms with Gasteiger partial charge in [-0.3, -0.25) is 0 Å². The second-order valence-electron chi connectivity index (χ2n) is 3.38. The Bertz CT molecular complexity index is 445. The van der Waals surface area contributed by atoms with Gasteiger partial charge in [0.15, 0.2) is 0 Å². The fourth-order valence-corrected chi connectivity index (χ4v) is 2.37. The summed E-state index contributed by atoms with van der Waals surface area (Å²) in [6.07, 6.45) is 0. The molecule has 2 nitrogen and oxygen atoms in total. The molecular formula is C13H14O2S. The van der Waals surface area contributed by atoms with Crippen LogP contribution in [0, 0.1) is 0 Å². The molecule has 1 aromatic heterocycles. The predicted octanol–water partition coefficient (Wildman–Crippen LogP) is 3.31. The summed E-state index contributed by atoms with van der Waals surface area (Å²) in [7, 11) is 0. The Kier molecular flexibility index (Phi) is 3.59. The lowest BCUT2D eigenvalue weighted by Gasteiger charge is -2.03. The Hall–Kier alpha value is -1.32. The van der Waals surface area contributed by atoms with Crippen molar-refractivity contribution in [2.45, 2.75) is 13.5 Å². The lowest BCUT2D eigenvalue weighted by molar-refractivity contribution is 0.285. The van der Waals surface area contributed by atoms with E-state index in [2.05, 4.69) is 0 Å². The van der Waals surface area contributed by atoms with Crippen LogP contribution in [0.3, 0.4) is 0 Å². The van der Waals surface area contributed by atoms with Gasteiger partial charge in [0.05, 0.1) is 13.2 Å². The summed E-state index contributed by atoms with van der Waals surface area (Å²) >= 11 is 1.61. The molecule has 0 unspecified atom stereocenters. The molecule has 0 saturated heterocycles. The van der Waals surface area contributed by atoms with Crippen LogP contribution in [0.4, 0.5) is 0 Å². The van der Waals surface area contributed by atoms with E-state index in [0.29, 0.717) is 6.61 Å². The van der Waals surface area contributed by atoms with Crippen molar-refractivity contribution in [1.82, 2.24) is 0 Å². The average molecular weight is 234 g/mol. The Morgan fingerprint density at radius 1 is 1.12 bits per heavy atom. The highest BCUT2D eigenvalue weighted by Crippen LogP contribution is 2.29. The van der Waals surface area contributed by atoms with Gasteiger partial charge in [0.1, 0.15) is 5.75 Å². The minimum absolute atomic E-state index is 0.113. The van der Waals surface area contributed by atoms with Crippen molar-refractivity contribution < 1.29 is 9.84 Å². The fraction of sp³-hybridized carbons (Fsp3) is 0.231. The first kappa shape index (κ1) is 11.2. The Labute approximate surface area is 99.1 Å². The van der Waals surface area contributed by atoms with E-state index in [1.807, 2.05) is 43.3 Å². The summed E-state index contributed by atoms with van der Waals surface area (Å²) < 4.78 is 5.39. The van der Waals surface area contributed by atoms with Crippen molar-refractivity contribution >= 4 is 11.3 Å². The Morgan fingerprint density at radius 3 is 2.44 bits per heavy atom. The van der Waals surface area contributed by atoms with Crippen LogP contribution < -0.4 is 4.74 Å². The molecular weight excluding hydrogens is 220 g/mol. The van der Waals surface area contributed by atoms with Gasteiger partial charge in [0.2, 0.25) is 0 Å². The van der Waals surface area contributed by atoms with E-state index < -0.39 is 0 Å². The van der Waals surface area contributed by atoms with Crippen molar-refractivity contribution in [2.24, 2.45) is 0 Å². The van der Waals surface area contributed by atoms with Gasteiger partial charge < -0.3 is 9.84 Å². The Morgan fingerprint density at radius 2 is 1.88 bits per heavy atom. The second-order valence-corrected chi connectivity index (χ2v) is 4.55. The van der Waals surface area contributed by atoms with Crippen molar-refractivity contribution in [3.05, 3.63) is 41.3 Å². The van der Waals surface area contributed by atoms with E-state index in [4.69, 9.17) is 9.84 Å². The molecule has 0 aliphatic rings. The molecule has 2 aromatic rings. The zero-order valence-electron chi connectivity index (χ0n) is 9.14. The van der Waals surface area contributed by atoms with Crippen LogP contribution in [-0.2, 0) is 6.61 Å². The van der Waals surface area contributed by atoms with Gasteiger partial charge >= 0.3 is 0 Å². The molecule has 84 valence electrons. The SMILES string of the molecule is CCOc1ccc(-c2ccc(CO)s2)cc1. The van der Waals surface area contributed by atoms with Gasteiger partial charge in [-0.2, -0.15) is 0 Å². The third kappa shape index (κ3) is 2.43. The highest BCUT2D eigenvalue weighted by Gasteiger charge is 2.02. The molecule has 0 aliphatic heterocycles. The summed E-state index contributed by atoms with van der Waals surface area (Å²) in [6.45, 7) is 2.77.